The summed E-state index contributed by atoms with van der Waals surface area (Å²) in [5.41, 5.74) is 5.18. The molecule has 1 heterocycles. The molecule has 1 saturated heterocycles. The summed E-state index contributed by atoms with van der Waals surface area (Å²) in [7, 11) is 0. The van der Waals surface area contributed by atoms with E-state index >= 15 is 0 Å². The number of fused-ring (bicyclic) bond motifs is 5. The highest BCUT2D eigenvalue weighted by atomic mass is 16.5. The number of benzene rings is 3. The summed E-state index contributed by atoms with van der Waals surface area (Å²) in [6.07, 6.45) is 4.19. The van der Waals surface area contributed by atoms with E-state index in [1.807, 2.05) is 43.3 Å². The summed E-state index contributed by atoms with van der Waals surface area (Å²) in [5, 5.41) is 0. The van der Waals surface area contributed by atoms with Crippen molar-refractivity contribution >= 4 is 28.9 Å². The predicted molar refractivity (Wildman–Crippen MR) is 142 cm³/mol. The molecule has 184 valence electrons. The number of rotatable bonds is 6. The largest absolute Gasteiger partial charge is 0.492 e. The van der Waals surface area contributed by atoms with Gasteiger partial charge in [-0.15, -0.1) is 0 Å². The van der Waals surface area contributed by atoms with Crippen LogP contribution >= 0.6 is 0 Å². The number of carbonyl (C=O) groups is 3. The lowest BCUT2D eigenvalue weighted by Gasteiger charge is -2.23. The molecule has 1 saturated carbocycles. The number of nitrogens with zero attached hydrogens (tertiary/aromatic N) is 1. The number of imide groups is 1. The third kappa shape index (κ3) is 3.57. The van der Waals surface area contributed by atoms with E-state index in [0.29, 0.717) is 23.6 Å². The molecule has 0 aromatic heterocycles. The van der Waals surface area contributed by atoms with Gasteiger partial charge in [0.25, 0.3) is 0 Å². The molecule has 2 bridgehead atoms. The molecule has 5 nitrogen and oxygen atoms in total. The minimum absolute atomic E-state index is 0.133. The second kappa shape index (κ2) is 9.00. The van der Waals surface area contributed by atoms with E-state index in [4.69, 9.17) is 4.74 Å². The molecule has 4 atom stereocenters. The second-order valence-electron chi connectivity index (χ2n) is 9.73. The van der Waals surface area contributed by atoms with Crippen molar-refractivity contribution < 1.29 is 19.1 Å². The van der Waals surface area contributed by atoms with Crippen molar-refractivity contribution in [2.45, 2.75) is 13.8 Å². The van der Waals surface area contributed by atoms with Crippen LogP contribution in [0.2, 0.25) is 0 Å². The standard InChI is InChI=1S/C32H27NO4/c1-3-37-26-17-14-22(19(2)34)18-25(26)33-31(35)29-23-15-16-24(30(29)32(33)36)28(23)27(20-10-6-4-7-11-20)21-12-8-5-9-13-21/h4-18,23-24,29-30H,3H2,1-2H3/t23-,24-,29+,30+/m0/s1. The Morgan fingerprint density at radius 1 is 0.784 bits per heavy atom. The molecule has 3 aromatic carbocycles. The maximum atomic E-state index is 14.0. The number of carbonyl (C=O) groups excluding carboxylic acids is 3. The van der Waals surface area contributed by atoms with Crippen LogP contribution < -0.4 is 9.64 Å². The fourth-order valence-corrected chi connectivity index (χ4v) is 6.23. The van der Waals surface area contributed by atoms with Crippen molar-refractivity contribution in [2.24, 2.45) is 23.7 Å². The van der Waals surface area contributed by atoms with Gasteiger partial charge in [-0.3, -0.25) is 14.4 Å². The van der Waals surface area contributed by atoms with Gasteiger partial charge in [-0.25, -0.2) is 4.90 Å². The Morgan fingerprint density at radius 3 is 1.81 bits per heavy atom. The van der Waals surface area contributed by atoms with Gasteiger partial charge in [-0.2, -0.15) is 0 Å². The number of ketones is 1. The third-order valence-electron chi connectivity index (χ3n) is 7.74. The summed E-state index contributed by atoms with van der Waals surface area (Å²) in [6, 6.07) is 25.3. The van der Waals surface area contributed by atoms with Gasteiger partial charge in [-0.1, -0.05) is 72.8 Å². The van der Waals surface area contributed by atoms with E-state index in [1.165, 1.54) is 11.8 Å². The molecule has 0 N–H and O–H groups in total. The van der Waals surface area contributed by atoms with Crippen LogP contribution in [-0.4, -0.2) is 24.2 Å². The average Bonchev–Trinajstić information content (AvgIpc) is 3.55. The summed E-state index contributed by atoms with van der Waals surface area (Å²) < 4.78 is 5.76. The lowest BCUT2D eigenvalue weighted by molar-refractivity contribution is -0.123. The third-order valence-corrected chi connectivity index (χ3v) is 7.74. The molecule has 6 rings (SSSR count). The summed E-state index contributed by atoms with van der Waals surface area (Å²) in [6.45, 7) is 3.70. The molecule has 0 unspecified atom stereocenters. The van der Waals surface area contributed by atoms with E-state index in [-0.39, 0.29) is 29.4 Å². The summed E-state index contributed by atoms with van der Waals surface area (Å²) in [4.78, 5) is 41.3. The van der Waals surface area contributed by atoms with Crippen LogP contribution in [0, 0.1) is 23.7 Å². The first-order valence-electron chi connectivity index (χ1n) is 12.7. The first kappa shape index (κ1) is 23.2. The molecule has 2 amide bonds. The number of hydrogen-bond donors (Lipinski definition) is 0. The van der Waals surface area contributed by atoms with E-state index < -0.39 is 11.8 Å². The fraction of sp³-hybridized carbons (Fsp3) is 0.219. The first-order chi connectivity index (χ1) is 18.0. The zero-order valence-electron chi connectivity index (χ0n) is 20.8. The molecule has 3 aliphatic rings. The molecule has 2 aliphatic carbocycles. The molecule has 5 heteroatoms. The van der Waals surface area contributed by atoms with E-state index in [1.54, 1.807) is 18.2 Å². The quantitative estimate of drug-likeness (QED) is 0.253. The van der Waals surface area contributed by atoms with Gasteiger partial charge in [0.15, 0.2) is 5.78 Å². The van der Waals surface area contributed by atoms with Gasteiger partial charge in [0.2, 0.25) is 11.8 Å². The van der Waals surface area contributed by atoms with Crippen molar-refractivity contribution in [1.29, 1.82) is 0 Å². The highest BCUT2D eigenvalue weighted by molar-refractivity contribution is 6.24. The van der Waals surface area contributed by atoms with Gasteiger partial charge in [0.1, 0.15) is 5.75 Å². The van der Waals surface area contributed by atoms with Crippen LogP contribution in [0.4, 0.5) is 5.69 Å². The average molecular weight is 490 g/mol. The topological polar surface area (TPSA) is 63.7 Å². The van der Waals surface area contributed by atoms with Crippen molar-refractivity contribution in [3.63, 3.8) is 0 Å². The first-order valence-corrected chi connectivity index (χ1v) is 12.7. The molecular weight excluding hydrogens is 462 g/mol. The SMILES string of the molecule is CCOc1ccc(C(C)=O)cc1N1C(=O)[C@H]2[C@H](C1=O)[C@H]1C=C[C@H]2C1=C(c1ccccc1)c1ccccc1. The van der Waals surface area contributed by atoms with Crippen molar-refractivity contribution in [1.82, 2.24) is 0 Å². The highest BCUT2D eigenvalue weighted by Crippen LogP contribution is 2.59. The Bertz CT molecular complexity index is 1400. The van der Waals surface area contributed by atoms with Crippen molar-refractivity contribution in [2.75, 3.05) is 11.5 Å². The number of amides is 2. The van der Waals surface area contributed by atoms with Crippen LogP contribution in [-0.2, 0) is 9.59 Å². The molecule has 0 radical (unpaired) electrons. The van der Waals surface area contributed by atoms with Gasteiger partial charge in [-0.05, 0) is 54.3 Å². The number of ether oxygens (including phenoxy) is 1. The van der Waals surface area contributed by atoms with E-state index in [2.05, 4.69) is 36.4 Å². The zero-order valence-corrected chi connectivity index (χ0v) is 20.8. The van der Waals surface area contributed by atoms with Crippen molar-refractivity contribution in [3.8, 4) is 5.75 Å². The molecule has 0 spiro atoms. The number of allylic oxidation sites excluding steroid dienone is 3. The van der Waals surface area contributed by atoms with Crippen molar-refractivity contribution in [3.05, 3.63) is 113 Å². The Hall–Kier alpha value is -4.25. The minimum Gasteiger partial charge on any atom is -0.492 e. The molecule has 2 fully saturated rings. The maximum Gasteiger partial charge on any atom is 0.238 e. The van der Waals surface area contributed by atoms with Crippen LogP contribution in [0.15, 0.2) is 96.6 Å². The Kier molecular flexibility index (Phi) is 5.64. The highest BCUT2D eigenvalue weighted by Gasteiger charge is 2.62. The fourth-order valence-electron chi connectivity index (χ4n) is 6.23. The Balaban J connectivity index is 1.47. The van der Waals surface area contributed by atoms with Crippen LogP contribution in [0.3, 0.4) is 0 Å². The van der Waals surface area contributed by atoms with Gasteiger partial charge >= 0.3 is 0 Å². The smallest absolute Gasteiger partial charge is 0.238 e. The maximum absolute atomic E-state index is 14.0. The van der Waals surface area contributed by atoms with E-state index in [9.17, 15) is 14.4 Å². The van der Waals surface area contributed by atoms with Gasteiger partial charge in [0.05, 0.1) is 24.1 Å². The number of anilines is 1. The molecule has 1 aliphatic heterocycles. The molecular formula is C32H27NO4. The van der Waals surface area contributed by atoms with Crippen LogP contribution in [0.5, 0.6) is 5.75 Å². The van der Waals surface area contributed by atoms with Gasteiger partial charge < -0.3 is 4.74 Å². The predicted octanol–water partition coefficient (Wildman–Crippen LogP) is 5.71. The second-order valence-corrected chi connectivity index (χ2v) is 9.73. The number of hydrogen-bond acceptors (Lipinski definition) is 4. The van der Waals surface area contributed by atoms with E-state index in [0.717, 1.165) is 22.3 Å². The van der Waals surface area contributed by atoms with Crippen LogP contribution in [0.1, 0.15) is 35.3 Å². The Morgan fingerprint density at radius 2 is 1.32 bits per heavy atom. The minimum atomic E-state index is -0.476. The molecule has 3 aromatic rings. The normalized spacial score (nSPS) is 23.5. The number of Topliss-reactive ketones (excluding diaryl/α,β-unsaturated/α-hetero) is 1. The van der Waals surface area contributed by atoms with Crippen LogP contribution in [0.25, 0.3) is 5.57 Å². The Labute approximate surface area is 216 Å². The zero-order chi connectivity index (χ0) is 25.7. The lowest BCUT2D eigenvalue weighted by atomic mass is 9.85. The lowest BCUT2D eigenvalue weighted by Crippen LogP contribution is -2.34. The summed E-state index contributed by atoms with van der Waals surface area (Å²) in [5.74, 6) is -1.45. The molecule has 37 heavy (non-hydrogen) atoms. The van der Waals surface area contributed by atoms with Gasteiger partial charge in [0, 0.05) is 17.4 Å². The summed E-state index contributed by atoms with van der Waals surface area (Å²) >= 11 is 0. The monoisotopic (exact) mass is 489 g/mol.